The number of nitrogens with two attached hydrogens (primary N) is 1. The summed E-state index contributed by atoms with van der Waals surface area (Å²) in [4.78, 5) is 0. The Labute approximate surface area is 106 Å². The van der Waals surface area contributed by atoms with E-state index in [9.17, 15) is 0 Å². The molecule has 0 aliphatic rings. The molecule has 0 heterocycles. The first-order valence-electron chi connectivity index (χ1n) is 5.35. The molecule has 0 amide bonds. The largest absolute Gasteiger partial charge is 0.271 e. The lowest BCUT2D eigenvalue weighted by atomic mass is 9.98. The zero-order valence-corrected chi connectivity index (χ0v) is 11.5. The fraction of sp³-hybridized carbons (Fsp3) is 0.500. The molecule has 1 aromatic carbocycles. The first kappa shape index (κ1) is 12.9. The number of nitrogens with one attached hydrogen (secondary N) is 1. The summed E-state index contributed by atoms with van der Waals surface area (Å²) in [5.74, 6) is 6.33. The molecule has 1 rings (SSSR count). The van der Waals surface area contributed by atoms with Gasteiger partial charge in [-0.3, -0.25) is 11.3 Å². The predicted molar refractivity (Wildman–Crippen MR) is 73.3 cm³/mol. The molecule has 1 aromatic rings. The fourth-order valence-electron chi connectivity index (χ4n) is 1.59. The van der Waals surface area contributed by atoms with Crippen molar-refractivity contribution in [3.05, 3.63) is 33.4 Å². The van der Waals surface area contributed by atoms with Crippen molar-refractivity contribution in [1.82, 2.24) is 5.43 Å². The maximum atomic E-state index is 5.61. The third-order valence-corrected chi connectivity index (χ3v) is 3.50. The van der Waals surface area contributed by atoms with E-state index in [1.807, 2.05) is 0 Å². The molecule has 0 aliphatic carbocycles. The summed E-state index contributed by atoms with van der Waals surface area (Å²) in [6, 6.07) is 8.67. The Kier molecular flexibility index (Phi) is 5.56. The summed E-state index contributed by atoms with van der Waals surface area (Å²) in [7, 11) is 0. The van der Waals surface area contributed by atoms with Gasteiger partial charge in [0.05, 0.1) is 0 Å². The molecule has 1 atom stereocenters. The Balaban J connectivity index is 2.70. The minimum atomic E-state index is 0.278. The van der Waals surface area contributed by atoms with Gasteiger partial charge in [0.25, 0.3) is 0 Å². The lowest BCUT2D eigenvalue weighted by Crippen LogP contribution is -2.28. The van der Waals surface area contributed by atoms with Crippen LogP contribution >= 0.6 is 22.6 Å². The van der Waals surface area contributed by atoms with Crippen molar-refractivity contribution in [2.45, 2.75) is 32.7 Å². The maximum Gasteiger partial charge on any atom is 0.0470 e. The third-order valence-electron chi connectivity index (χ3n) is 2.51. The molecule has 3 N–H and O–H groups in total. The van der Waals surface area contributed by atoms with Crippen LogP contribution in [0.1, 0.15) is 38.3 Å². The standard InChI is InChI=1S/C12H19IN2/c1-9(2)7-8-12(15-14)10-5-3-4-6-11(10)13/h3-6,9,12,15H,7-8,14H2,1-2H3. The zero-order chi connectivity index (χ0) is 11.3. The molecule has 0 spiro atoms. The highest BCUT2D eigenvalue weighted by molar-refractivity contribution is 14.1. The van der Waals surface area contributed by atoms with Crippen molar-refractivity contribution in [3.8, 4) is 0 Å². The van der Waals surface area contributed by atoms with Crippen LogP contribution in [0.2, 0.25) is 0 Å². The molecule has 0 radical (unpaired) electrons. The van der Waals surface area contributed by atoms with Crippen LogP contribution in [0, 0.1) is 9.49 Å². The van der Waals surface area contributed by atoms with Gasteiger partial charge in [-0.15, -0.1) is 0 Å². The van der Waals surface area contributed by atoms with Gasteiger partial charge in [-0.05, 0) is 53.0 Å². The lowest BCUT2D eigenvalue weighted by molar-refractivity contribution is 0.447. The van der Waals surface area contributed by atoms with E-state index in [0.717, 1.165) is 12.3 Å². The van der Waals surface area contributed by atoms with E-state index in [1.165, 1.54) is 15.6 Å². The van der Waals surface area contributed by atoms with Crippen molar-refractivity contribution < 1.29 is 0 Å². The van der Waals surface area contributed by atoms with E-state index in [0.29, 0.717) is 0 Å². The molecule has 3 heteroatoms. The van der Waals surface area contributed by atoms with Crippen LogP contribution in [0.5, 0.6) is 0 Å². The second kappa shape index (κ2) is 6.45. The number of hydrogen-bond acceptors (Lipinski definition) is 2. The molecule has 2 nitrogen and oxygen atoms in total. The summed E-state index contributed by atoms with van der Waals surface area (Å²) in [6.07, 6.45) is 2.29. The molecule has 0 aliphatic heterocycles. The SMILES string of the molecule is CC(C)CCC(NN)c1ccccc1I. The van der Waals surface area contributed by atoms with E-state index in [2.05, 4.69) is 66.1 Å². The highest BCUT2D eigenvalue weighted by Crippen LogP contribution is 2.24. The summed E-state index contributed by atoms with van der Waals surface area (Å²) >= 11 is 2.36. The predicted octanol–water partition coefficient (Wildman–Crippen LogP) is 3.23. The number of hydrazine groups is 1. The Morgan fingerprint density at radius 3 is 2.47 bits per heavy atom. The Hall–Kier alpha value is -0.130. The minimum Gasteiger partial charge on any atom is -0.271 e. The molecular formula is C12H19IN2. The van der Waals surface area contributed by atoms with Crippen molar-refractivity contribution in [2.24, 2.45) is 11.8 Å². The quantitative estimate of drug-likeness (QED) is 0.497. The molecule has 0 saturated carbocycles. The van der Waals surface area contributed by atoms with E-state index in [1.54, 1.807) is 0 Å². The highest BCUT2D eigenvalue weighted by atomic mass is 127. The molecule has 1 unspecified atom stereocenters. The zero-order valence-electron chi connectivity index (χ0n) is 9.33. The maximum absolute atomic E-state index is 5.61. The summed E-state index contributed by atoms with van der Waals surface area (Å²) in [6.45, 7) is 4.48. The molecule has 15 heavy (non-hydrogen) atoms. The summed E-state index contributed by atoms with van der Waals surface area (Å²) in [5, 5.41) is 0. The summed E-state index contributed by atoms with van der Waals surface area (Å²) in [5.41, 5.74) is 4.22. The Morgan fingerprint density at radius 2 is 1.93 bits per heavy atom. The molecule has 0 bridgehead atoms. The van der Waals surface area contributed by atoms with Crippen LogP contribution in [0.25, 0.3) is 0 Å². The highest BCUT2D eigenvalue weighted by Gasteiger charge is 2.12. The van der Waals surface area contributed by atoms with Gasteiger partial charge in [0.15, 0.2) is 0 Å². The number of rotatable bonds is 5. The van der Waals surface area contributed by atoms with E-state index in [4.69, 9.17) is 5.84 Å². The molecule has 0 fully saturated rings. The van der Waals surface area contributed by atoms with Gasteiger partial charge in [0, 0.05) is 9.61 Å². The smallest absolute Gasteiger partial charge is 0.0470 e. The number of hydrogen-bond donors (Lipinski definition) is 2. The van der Waals surface area contributed by atoms with Crippen LogP contribution < -0.4 is 11.3 Å². The van der Waals surface area contributed by atoms with Crippen LogP contribution in [0.4, 0.5) is 0 Å². The average molecular weight is 318 g/mol. The van der Waals surface area contributed by atoms with Gasteiger partial charge in [0.1, 0.15) is 0 Å². The average Bonchev–Trinajstić information content (AvgIpc) is 2.21. The second-order valence-corrected chi connectivity index (χ2v) is 5.37. The van der Waals surface area contributed by atoms with Crippen LogP contribution in [0.3, 0.4) is 0 Å². The normalized spacial score (nSPS) is 13.1. The lowest BCUT2D eigenvalue weighted by Gasteiger charge is -2.18. The van der Waals surface area contributed by atoms with Gasteiger partial charge < -0.3 is 0 Å². The van der Waals surface area contributed by atoms with Gasteiger partial charge in [0.2, 0.25) is 0 Å². The van der Waals surface area contributed by atoms with E-state index < -0.39 is 0 Å². The Bertz CT molecular complexity index is 299. The first-order valence-corrected chi connectivity index (χ1v) is 6.43. The topological polar surface area (TPSA) is 38.0 Å². The second-order valence-electron chi connectivity index (χ2n) is 4.21. The minimum absolute atomic E-state index is 0.278. The molecule has 84 valence electrons. The van der Waals surface area contributed by atoms with Gasteiger partial charge in [-0.2, -0.15) is 0 Å². The van der Waals surface area contributed by atoms with Crippen molar-refractivity contribution in [3.63, 3.8) is 0 Å². The summed E-state index contributed by atoms with van der Waals surface area (Å²) < 4.78 is 1.28. The Morgan fingerprint density at radius 1 is 1.27 bits per heavy atom. The van der Waals surface area contributed by atoms with Gasteiger partial charge in [-0.1, -0.05) is 32.0 Å². The van der Waals surface area contributed by atoms with Gasteiger partial charge >= 0.3 is 0 Å². The molecule has 0 aromatic heterocycles. The third kappa shape index (κ3) is 4.09. The van der Waals surface area contributed by atoms with E-state index >= 15 is 0 Å². The first-order chi connectivity index (χ1) is 7.15. The number of benzene rings is 1. The molecule has 0 saturated heterocycles. The van der Waals surface area contributed by atoms with E-state index in [-0.39, 0.29) is 6.04 Å². The van der Waals surface area contributed by atoms with Gasteiger partial charge in [-0.25, -0.2) is 0 Å². The van der Waals surface area contributed by atoms with Crippen molar-refractivity contribution in [2.75, 3.05) is 0 Å². The van der Waals surface area contributed by atoms with Crippen LogP contribution in [0.15, 0.2) is 24.3 Å². The monoisotopic (exact) mass is 318 g/mol. The number of halogens is 1. The van der Waals surface area contributed by atoms with Crippen molar-refractivity contribution in [1.29, 1.82) is 0 Å². The van der Waals surface area contributed by atoms with Crippen LogP contribution in [-0.4, -0.2) is 0 Å². The van der Waals surface area contributed by atoms with Crippen molar-refractivity contribution >= 4 is 22.6 Å². The van der Waals surface area contributed by atoms with Crippen LogP contribution in [-0.2, 0) is 0 Å². The fourth-order valence-corrected chi connectivity index (χ4v) is 2.35. The molecular weight excluding hydrogens is 299 g/mol.